The largest absolute Gasteiger partial charge is 0.370 e. The van der Waals surface area contributed by atoms with Gasteiger partial charge in [-0.15, -0.1) is 0 Å². The van der Waals surface area contributed by atoms with Crippen LogP contribution in [0.4, 0.5) is 0 Å². The van der Waals surface area contributed by atoms with Crippen LogP contribution in [-0.2, 0) is 14.4 Å². The van der Waals surface area contributed by atoms with Crippen LogP contribution in [0.2, 0.25) is 0 Å². The summed E-state index contributed by atoms with van der Waals surface area (Å²) in [5.74, 6) is -1.36. The standard InChI is InChI=1S/C19H40N8O3/c1-15(28)27-16(18(30)25-13-7-6-10-23-11-8-9-20)17(29)24-12-4-2-3-5-14-26-19(21)22/h16,23H,2-14,20H2,1H3,(H,24,29)(H,25,30)(H,27,28)(H4,21,22,26). The number of nitrogens with zero attached hydrogens (tertiary/aromatic N) is 1. The van der Waals surface area contributed by atoms with Crippen molar-refractivity contribution >= 4 is 23.7 Å². The number of guanidine groups is 1. The van der Waals surface area contributed by atoms with Gasteiger partial charge in [0, 0.05) is 26.6 Å². The molecule has 0 fully saturated rings. The summed E-state index contributed by atoms with van der Waals surface area (Å²) < 4.78 is 0. The first-order valence-electron chi connectivity index (χ1n) is 10.7. The smallest absolute Gasteiger partial charge is 0.252 e. The third kappa shape index (κ3) is 16.5. The lowest BCUT2D eigenvalue weighted by Crippen LogP contribution is -2.55. The van der Waals surface area contributed by atoms with E-state index >= 15 is 0 Å². The summed E-state index contributed by atoms with van der Waals surface area (Å²) in [4.78, 5) is 39.9. The van der Waals surface area contributed by atoms with Crippen LogP contribution in [0.3, 0.4) is 0 Å². The minimum atomic E-state index is -1.23. The first-order chi connectivity index (χ1) is 14.4. The van der Waals surface area contributed by atoms with E-state index in [0.29, 0.717) is 26.2 Å². The molecule has 0 rings (SSSR count). The lowest BCUT2D eigenvalue weighted by atomic mass is 10.2. The van der Waals surface area contributed by atoms with Crippen LogP contribution < -0.4 is 38.5 Å². The van der Waals surface area contributed by atoms with Gasteiger partial charge in [-0.25, -0.2) is 0 Å². The number of aliphatic imine (C=N–C) groups is 1. The highest BCUT2D eigenvalue weighted by atomic mass is 16.2. The van der Waals surface area contributed by atoms with E-state index in [1.807, 2.05) is 0 Å². The molecule has 0 bridgehead atoms. The van der Waals surface area contributed by atoms with E-state index in [1.54, 1.807) is 0 Å². The molecule has 174 valence electrons. The van der Waals surface area contributed by atoms with Crippen molar-refractivity contribution in [2.75, 3.05) is 39.3 Å². The summed E-state index contributed by atoms with van der Waals surface area (Å²) in [6, 6.07) is -1.23. The van der Waals surface area contributed by atoms with Gasteiger partial charge in [-0.2, -0.15) is 0 Å². The quantitative estimate of drug-likeness (QED) is 0.0584. The van der Waals surface area contributed by atoms with Crippen LogP contribution in [0.1, 0.15) is 51.9 Å². The Hall–Kier alpha value is -2.40. The number of hydrogen-bond donors (Lipinski definition) is 7. The highest BCUT2D eigenvalue weighted by molar-refractivity contribution is 6.06. The van der Waals surface area contributed by atoms with Gasteiger partial charge in [0.25, 0.3) is 11.8 Å². The molecule has 1 atom stereocenters. The fourth-order valence-corrected chi connectivity index (χ4v) is 2.61. The van der Waals surface area contributed by atoms with Crippen LogP contribution in [0.5, 0.6) is 0 Å². The predicted octanol–water partition coefficient (Wildman–Crippen LogP) is -1.72. The second-order valence-corrected chi connectivity index (χ2v) is 7.04. The van der Waals surface area contributed by atoms with E-state index in [-0.39, 0.29) is 5.96 Å². The van der Waals surface area contributed by atoms with Gasteiger partial charge in [0.1, 0.15) is 0 Å². The first-order valence-corrected chi connectivity index (χ1v) is 10.7. The number of nitrogens with two attached hydrogens (primary N) is 3. The Bertz CT molecular complexity index is 524. The predicted molar refractivity (Wildman–Crippen MR) is 119 cm³/mol. The fraction of sp³-hybridized carbons (Fsp3) is 0.789. The van der Waals surface area contributed by atoms with Crippen LogP contribution in [0.15, 0.2) is 4.99 Å². The maximum atomic E-state index is 12.3. The summed E-state index contributed by atoms with van der Waals surface area (Å²) in [6.07, 6.45) is 6.06. The van der Waals surface area contributed by atoms with Crippen molar-refractivity contribution in [3.05, 3.63) is 0 Å². The lowest BCUT2D eigenvalue weighted by molar-refractivity contribution is -0.136. The Morgan fingerprint density at radius 3 is 1.90 bits per heavy atom. The van der Waals surface area contributed by atoms with E-state index in [1.165, 1.54) is 6.92 Å². The second kappa shape index (κ2) is 18.6. The molecule has 3 amide bonds. The van der Waals surface area contributed by atoms with Crippen molar-refractivity contribution in [3.63, 3.8) is 0 Å². The molecule has 0 spiro atoms. The van der Waals surface area contributed by atoms with Gasteiger partial charge in [-0.3, -0.25) is 19.4 Å². The number of hydrogen-bond acceptors (Lipinski definition) is 6. The first kappa shape index (κ1) is 27.6. The number of nitrogens with one attached hydrogen (secondary N) is 4. The van der Waals surface area contributed by atoms with E-state index in [4.69, 9.17) is 17.2 Å². The van der Waals surface area contributed by atoms with Gasteiger partial charge in [0.2, 0.25) is 5.91 Å². The van der Waals surface area contributed by atoms with Crippen molar-refractivity contribution in [2.45, 2.75) is 57.9 Å². The van der Waals surface area contributed by atoms with Crippen molar-refractivity contribution in [1.82, 2.24) is 21.3 Å². The van der Waals surface area contributed by atoms with E-state index in [9.17, 15) is 14.4 Å². The summed E-state index contributed by atoms with van der Waals surface area (Å²) in [5.41, 5.74) is 15.9. The van der Waals surface area contributed by atoms with Crippen molar-refractivity contribution in [1.29, 1.82) is 0 Å². The molecule has 0 aliphatic rings. The number of carbonyl (C=O) groups excluding carboxylic acids is 3. The minimum Gasteiger partial charge on any atom is -0.370 e. The highest BCUT2D eigenvalue weighted by Gasteiger charge is 2.26. The Balaban J connectivity index is 4.07. The molecule has 0 radical (unpaired) electrons. The average Bonchev–Trinajstić information content (AvgIpc) is 2.69. The lowest BCUT2D eigenvalue weighted by Gasteiger charge is -2.17. The normalized spacial score (nSPS) is 11.4. The van der Waals surface area contributed by atoms with Gasteiger partial charge in [0.05, 0.1) is 0 Å². The molecular weight excluding hydrogens is 388 g/mol. The molecule has 0 aromatic heterocycles. The monoisotopic (exact) mass is 428 g/mol. The van der Waals surface area contributed by atoms with Crippen molar-refractivity contribution < 1.29 is 14.4 Å². The van der Waals surface area contributed by atoms with Gasteiger partial charge in [0.15, 0.2) is 12.0 Å². The fourth-order valence-electron chi connectivity index (χ4n) is 2.61. The van der Waals surface area contributed by atoms with Crippen LogP contribution in [0.25, 0.3) is 0 Å². The van der Waals surface area contributed by atoms with Crippen LogP contribution >= 0.6 is 0 Å². The summed E-state index contributed by atoms with van der Waals surface area (Å²) in [6.45, 7) is 5.12. The Morgan fingerprint density at radius 1 is 0.800 bits per heavy atom. The van der Waals surface area contributed by atoms with Crippen molar-refractivity contribution in [2.24, 2.45) is 22.2 Å². The van der Waals surface area contributed by atoms with Gasteiger partial charge < -0.3 is 38.5 Å². The molecule has 10 N–H and O–H groups in total. The maximum Gasteiger partial charge on any atom is 0.252 e. The zero-order valence-corrected chi connectivity index (χ0v) is 18.2. The molecule has 11 nitrogen and oxygen atoms in total. The van der Waals surface area contributed by atoms with Gasteiger partial charge in [-0.05, 0) is 51.7 Å². The summed E-state index contributed by atoms with van der Waals surface area (Å²) in [5, 5.41) is 11.1. The van der Waals surface area contributed by atoms with Crippen LogP contribution in [-0.4, -0.2) is 69.0 Å². The molecule has 0 saturated heterocycles. The zero-order valence-electron chi connectivity index (χ0n) is 18.2. The van der Waals surface area contributed by atoms with Crippen molar-refractivity contribution in [3.8, 4) is 0 Å². The molecule has 1 unspecified atom stereocenters. The third-order valence-electron chi connectivity index (χ3n) is 4.19. The molecule has 0 aromatic rings. The summed E-state index contributed by atoms with van der Waals surface area (Å²) in [7, 11) is 0. The molecule has 0 saturated carbocycles. The Morgan fingerprint density at radius 2 is 1.33 bits per heavy atom. The molecule has 0 heterocycles. The third-order valence-corrected chi connectivity index (χ3v) is 4.19. The van der Waals surface area contributed by atoms with E-state index in [2.05, 4.69) is 26.3 Å². The number of rotatable bonds is 18. The number of carbonyl (C=O) groups is 3. The topological polar surface area (TPSA) is 190 Å². The molecule has 0 aliphatic carbocycles. The van der Waals surface area contributed by atoms with E-state index in [0.717, 1.165) is 58.0 Å². The second-order valence-electron chi connectivity index (χ2n) is 7.04. The zero-order chi connectivity index (χ0) is 22.6. The number of unbranched alkanes of at least 4 members (excludes halogenated alkanes) is 4. The number of amides is 3. The highest BCUT2D eigenvalue weighted by Crippen LogP contribution is 1.99. The maximum absolute atomic E-state index is 12.3. The Kier molecular flexibility index (Phi) is 17.1. The molecule has 11 heteroatoms. The van der Waals surface area contributed by atoms with Gasteiger partial charge >= 0.3 is 0 Å². The molecule has 0 aromatic carbocycles. The molecular formula is C19H40N8O3. The minimum absolute atomic E-state index is 0.0868. The Labute approximate surface area is 179 Å². The molecule has 30 heavy (non-hydrogen) atoms. The van der Waals surface area contributed by atoms with Crippen LogP contribution in [0, 0.1) is 0 Å². The van der Waals surface area contributed by atoms with Gasteiger partial charge in [-0.1, -0.05) is 12.8 Å². The molecule has 0 aliphatic heterocycles. The van der Waals surface area contributed by atoms with E-state index < -0.39 is 23.8 Å². The summed E-state index contributed by atoms with van der Waals surface area (Å²) >= 11 is 0. The SMILES string of the molecule is CC(=O)NC(C(=O)NCCCCCCN=C(N)N)C(=O)NCCCCNCCCN. The average molecular weight is 429 g/mol.